The Hall–Kier alpha value is -2.41. The average molecular weight is 412 g/mol. The Morgan fingerprint density at radius 3 is 2.60 bits per heavy atom. The minimum Gasteiger partial charge on any atom is -0.455 e. The highest BCUT2D eigenvalue weighted by Gasteiger charge is 2.61. The summed E-state index contributed by atoms with van der Waals surface area (Å²) in [4.78, 5) is 39.9. The molecule has 2 amide bonds. The lowest BCUT2D eigenvalue weighted by Crippen LogP contribution is -2.58. The zero-order valence-electron chi connectivity index (χ0n) is 17.2. The van der Waals surface area contributed by atoms with Gasteiger partial charge >= 0.3 is 5.97 Å². The first-order valence-corrected chi connectivity index (χ1v) is 10.9. The molecule has 5 aliphatic rings. The van der Waals surface area contributed by atoms with Gasteiger partial charge in [-0.25, -0.2) is 0 Å². The van der Waals surface area contributed by atoms with E-state index in [2.05, 4.69) is 5.32 Å². The van der Waals surface area contributed by atoms with Gasteiger partial charge in [-0.2, -0.15) is 0 Å². The van der Waals surface area contributed by atoms with Crippen LogP contribution in [0.2, 0.25) is 0 Å². The molecule has 0 spiro atoms. The van der Waals surface area contributed by atoms with Crippen molar-refractivity contribution in [3.63, 3.8) is 0 Å². The number of esters is 1. The summed E-state index contributed by atoms with van der Waals surface area (Å²) in [5.41, 5.74) is -0.216. The molecule has 4 aliphatic carbocycles. The van der Waals surface area contributed by atoms with E-state index in [1.807, 2.05) is 13.0 Å². The summed E-state index contributed by atoms with van der Waals surface area (Å²) in [6.07, 6.45) is 4.76. The minimum absolute atomic E-state index is 0.149. The van der Waals surface area contributed by atoms with E-state index in [-0.39, 0.29) is 36.9 Å². The predicted molar refractivity (Wildman–Crippen MR) is 110 cm³/mol. The molecule has 1 aliphatic heterocycles. The van der Waals surface area contributed by atoms with Gasteiger partial charge in [-0.15, -0.1) is 0 Å². The first-order chi connectivity index (χ1) is 14.3. The Kier molecular flexibility index (Phi) is 4.43. The van der Waals surface area contributed by atoms with E-state index in [0.717, 1.165) is 32.1 Å². The maximum Gasteiger partial charge on any atom is 0.312 e. The van der Waals surface area contributed by atoms with Gasteiger partial charge in [-0.1, -0.05) is 12.1 Å². The van der Waals surface area contributed by atoms with Crippen LogP contribution in [0.15, 0.2) is 24.3 Å². The van der Waals surface area contributed by atoms with Crippen LogP contribution in [0.4, 0.5) is 11.4 Å². The first-order valence-electron chi connectivity index (χ1n) is 10.9. The molecule has 7 nitrogen and oxygen atoms in total. The largest absolute Gasteiger partial charge is 0.455 e. The van der Waals surface area contributed by atoms with Gasteiger partial charge in [-0.05, 0) is 69.4 Å². The van der Waals surface area contributed by atoms with Crippen LogP contribution in [0.25, 0.3) is 0 Å². The lowest BCUT2D eigenvalue weighted by atomic mass is 9.48. The summed E-state index contributed by atoms with van der Waals surface area (Å²) in [5.74, 6) is -0.108. The molecule has 6 rings (SSSR count). The van der Waals surface area contributed by atoms with Gasteiger partial charge in [0, 0.05) is 12.5 Å². The summed E-state index contributed by atoms with van der Waals surface area (Å²) in [6.45, 7) is 1.46. The van der Waals surface area contributed by atoms with E-state index < -0.39 is 11.0 Å². The molecule has 7 heteroatoms. The normalized spacial score (nSPS) is 36.7. The fraction of sp³-hybridized carbons (Fsp3) is 0.609. The van der Waals surface area contributed by atoms with E-state index in [4.69, 9.17) is 4.74 Å². The van der Waals surface area contributed by atoms with Gasteiger partial charge in [0.1, 0.15) is 0 Å². The second kappa shape index (κ2) is 6.80. The van der Waals surface area contributed by atoms with Crippen LogP contribution >= 0.6 is 0 Å². The molecule has 2 unspecified atom stereocenters. The number of aliphatic hydroxyl groups is 1. The standard InChI is InChI=1S/C23H28N2O5/c1-14-6-19(26)24-17-4-2-3-5-18(17)25(14)20(27)12-30-21(28)22-8-15-7-16(9-22)11-23(29,10-15)13-22/h2-5,14-16,29H,6-13H2,1H3,(H,24,26)/t14-,15-,16+,22?,23?/m1/s1. The van der Waals surface area contributed by atoms with Crippen molar-refractivity contribution >= 4 is 29.2 Å². The zero-order valence-corrected chi connectivity index (χ0v) is 17.2. The molecule has 4 saturated carbocycles. The summed E-state index contributed by atoms with van der Waals surface area (Å²) in [5, 5.41) is 13.7. The number of carbonyl (C=O) groups excluding carboxylic acids is 3. The molecule has 2 N–H and O–H groups in total. The zero-order chi connectivity index (χ0) is 21.1. The second-order valence-corrected chi connectivity index (χ2v) is 9.92. The summed E-state index contributed by atoms with van der Waals surface area (Å²) in [6, 6.07) is 6.81. The van der Waals surface area contributed by atoms with Crippen molar-refractivity contribution in [1.82, 2.24) is 0 Å². The van der Waals surface area contributed by atoms with Crippen molar-refractivity contribution in [3.8, 4) is 0 Å². The molecular formula is C23H28N2O5. The highest BCUT2D eigenvalue weighted by Crippen LogP contribution is 2.62. The van der Waals surface area contributed by atoms with Crippen LogP contribution in [0, 0.1) is 17.3 Å². The number of rotatable bonds is 3. The Morgan fingerprint density at radius 2 is 1.90 bits per heavy atom. The fourth-order valence-corrected chi connectivity index (χ4v) is 6.77. The van der Waals surface area contributed by atoms with Crippen LogP contribution in [0.5, 0.6) is 0 Å². The highest BCUT2D eigenvalue weighted by molar-refractivity contribution is 6.05. The molecule has 0 radical (unpaired) electrons. The number of carbonyl (C=O) groups is 3. The molecule has 1 aromatic rings. The third kappa shape index (κ3) is 3.20. The van der Waals surface area contributed by atoms with Crippen molar-refractivity contribution in [2.24, 2.45) is 17.3 Å². The summed E-state index contributed by atoms with van der Waals surface area (Å²) in [7, 11) is 0. The monoisotopic (exact) mass is 412 g/mol. The minimum atomic E-state index is -0.753. The lowest BCUT2D eigenvalue weighted by molar-refractivity contribution is -0.196. The van der Waals surface area contributed by atoms with E-state index >= 15 is 0 Å². The lowest BCUT2D eigenvalue weighted by Gasteiger charge is -2.58. The Balaban J connectivity index is 1.32. The second-order valence-electron chi connectivity index (χ2n) is 9.92. The average Bonchev–Trinajstić information content (AvgIpc) is 2.78. The van der Waals surface area contributed by atoms with Crippen LogP contribution in [-0.2, 0) is 19.1 Å². The Morgan fingerprint density at radius 1 is 1.20 bits per heavy atom. The van der Waals surface area contributed by atoms with Gasteiger partial charge in [0.05, 0.1) is 22.4 Å². The van der Waals surface area contributed by atoms with E-state index in [1.54, 1.807) is 23.1 Å². The Labute approximate surface area is 175 Å². The number of para-hydroxylation sites is 2. The van der Waals surface area contributed by atoms with Gasteiger partial charge in [-0.3, -0.25) is 14.4 Å². The van der Waals surface area contributed by atoms with Crippen LogP contribution in [-0.4, -0.2) is 41.1 Å². The maximum atomic E-state index is 13.1. The molecule has 4 bridgehead atoms. The van der Waals surface area contributed by atoms with Gasteiger partial charge in [0.2, 0.25) is 5.91 Å². The van der Waals surface area contributed by atoms with Crippen LogP contribution in [0.3, 0.4) is 0 Å². The molecule has 1 heterocycles. The van der Waals surface area contributed by atoms with Crippen molar-refractivity contribution in [1.29, 1.82) is 0 Å². The molecule has 160 valence electrons. The van der Waals surface area contributed by atoms with E-state index in [9.17, 15) is 19.5 Å². The maximum absolute atomic E-state index is 13.1. The molecule has 4 fully saturated rings. The van der Waals surface area contributed by atoms with Crippen molar-refractivity contribution in [2.45, 2.75) is 63.5 Å². The number of benzene rings is 1. The quantitative estimate of drug-likeness (QED) is 0.744. The predicted octanol–water partition coefficient (Wildman–Crippen LogP) is 2.62. The number of hydrogen-bond acceptors (Lipinski definition) is 5. The van der Waals surface area contributed by atoms with Crippen molar-refractivity contribution in [2.75, 3.05) is 16.8 Å². The molecular weight excluding hydrogens is 384 g/mol. The van der Waals surface area contributed by atoms with Gasteiger partial charge < -0.3 is 20.1 Å². The number of nitrogens with zero attached hydrogens (tertiary/aromatic N) is 1. The third-order valence-corrected chi connectivity index (χ3v) is 7.42. The van der Waals surface area contributed by atoms with Gasteiger partial charge in [0.15, 0.2) is 6.61 Å². The smallest absolute Gasteiger partial charge is 0.312 e. The molecule has 0 aromatic heterocycles. The molecule has 0 saturated heterocycles. The topological polar surface area (TPSA) is 95.9 Å². The number of amides is 2. The van der Waals surface area contributed by atoms with Crippen molar-refractivity contribution in [3.05, 3.63) is 24.3 Å². The van der Waals surface area contributed by atoms with Crippen LogP contribution in [0.1, 0.15) is 51.9 Å². The summed E-state index contributed by atoms with van der Waals surface area (Å²) < 4.78 is 5.57. The molecule has 1 aromatic carbocycles. The third-order valence-electron chi connectivity index (χ3n) is 7.42. The number of anilines is 2. The number of hydrogen-bond donors (Lipinski definition) is 2. The molecule has 5 atom stereocenters. The van der Waals surface area contributed by atoms with Gasteiger partial charge in [0.25, 0.3) is 5.91 Å². The fourth-order valence-electron chi connectivity index (χ4n) is 6.77. The SMILES string of the molecule is C[C@@H]1CC(=O)Nc2ccccc2N1C(=O)COC(=O)C12C[C@@H]3C[C@@H](CC(O)(C3)C1)C2. The van der Waals surface area contributed by atoms with Crippen LogP contribution < -0.4 is 10.2 Å². The molecule has 30 heavy (non-hydrogen) atoms. The van der Waals surface area contributed by atoms with E-state index in [1.165, 1.54) is 0 Å². The number of nitrogens with one attached hydrogen (secondary N) is 1. The summed E-state index contributed by atoms with van der Waals surface area (Å²) >= 11 is 0. The first kappa shape index (κ1) is 19.5. The Bertz CT molecular complexity index is 899. The number of ether oxygens (including phenoxy) is 1. The highest BCUT2D eigenvalue weighted by atomic mass is 16.5. The number of fused-ring (bicyclic) bond motifs is 1. The van der Waals surface area contributed by atoms with Crippen molar-refractivity contribution < 1.29 is 24.2 Å². The van der Waals surface area contributed by atoms with E-state index in [0.29, 0.717) is 29.6 Å².